The summed E-state index contributed by atoms with van der Waals surface area (Å²) in [5.74, 6) is 2.55. The van der Waals surface area contributed by atoms with Crippen molar-refractivity contribution in [3.63, 3.8) is 0 Å². The molecule has 1 heterocycles. The summed E-state index contributed by atoms with van der Waals surface area (Å²) in [5.41, 5.74) is 1.19. The van der Waals surface area contributed by atoms with Gasteiger partial charge in [-0.25, -0.2) is 0 Å². The van der Waals surface area contributed by atoms with Gasteiger partial charge in [0.15, 0.2) is 5.96 Å². The number of piperidine rings is 1. The number of amides is 1. The fraction of sp³-hybridized carbons (Fsp3) is 0.636. The summed E-state index contributed by atoms with van der Waals surface area (Å²) in [6, 6.07) is 8.14. The molecule has 0 bridgehead atoms. The molecule has 156 valence electrons. The minimum atomic E-state index is 0.223. The van der Waals surface area contributed by atoms with Gasteiger partial charge in [-0.1, -0.05) is 19.1 Å². The third-order valence-corrected chi connectivity index (χ3v) is 4.95. The van der Waals surface area contributed by atoms with E-state index in [1.54, 1.807) is 0 Å². The van der Waals surface area contributed by atoms with Gasteiger partial charge in [0, 0.05) is 39.6 Å². The molecule has 0 saturated carbocycles. The first kappa shape index (κ1) is 22.1. The molecule has 1 atom stereocenters. The van der Waals surface area contributed by atoms with Gasteiger partial charge in [-0.2, -0.15) is 0 Å². The summed E-state index contributed by atoms with van der Waals surface area (Å²) in [6.45, 7) is 10.8. The van der Waals surface area contributed by atoms with Crippen molar-refractivity contribution >= 4 is 11.9 Å². The Hall–Kier alpha value is -2.24. The van der Waals surface area contributed by atoms with E-state index in [1.165, 1.54) is 12.0 Å². The molecule has 28 heavy (non-hydrogen) atoms. The number of carbonyl (C=O) groups excluding carboxylic acids is 1. The van der Waals surface area contributed by atoms with Crippen molar-refractivity contribution in [2.24, 2.45) is 10.9 Å². The Morgan fingerprint density at radius 1 is 1.32 bits per heavy atom. The van der Waals surface area contributed by atoms with E-state index < -0.39 is 0 Å². The largest absolute Gasteiger partial charge is 0.494 e. The van der Waals surface area contributed by atoms with Crippen molar-refractivity contribution in [1.82, 2.24) is 15.1 Å². The van der Waals surface area contributed by atoms with Crippen LogP contribution in [0.4, 0.5) is 0 Å². The Labute approximate surface area is 170 Å². The third-order valence-electron chi connectivity index (χ3n) is 4.95. The first-order chi connectivity index (χ1) is 13.5. The lowest BCUT2D eigenvalue weighted by molar-refractivity contribution is -0.132. The zero-order chi connectivity index (χ0) is 20.4. The second-order valence-corrected chi connectivity index (χ2v) is 7.51. The van der Waals surface area contributed by atoms with Crippen LogP contribution in [-0.4, -0.2) is 61.5 Å². The van der Waals surface area contributed by atoms with Gasteiger partial charge >= 0.3 is 0 Å². The average Bonchev–Trinajstić information content (AvgIpc) is 2.69. The fourth-order valence-electron chi connectivity index (χ4n) is 3.51. The van der Waals surface area contributed by atoms with Crippen molar-refractivity contribution in [1.29, 1.82) is 0 Å². The Morgan fingerprint density at radius 2 is 2.07 bits per heavy atom. The number of hydrogen-bond acceptors (Lipinski definition) is 3. The van der Waals surface area contributed by atoms with E-state index in [0.29, 0.717) is 25.5 Å². The number of nitrogens with one attached hydrogen (secondary N) is 1. The van der Waals surface area contributed by atoms with Crippen molar-refractivity contribution in [2.75, 3.05) is 39.8 Å². The average molecular weight is 389 g/mol. The molecule has 1 aliphatic rings. The van der Waals surface area contributed by atoms with Crippen LogP contribution in [0, 0.1) is 5.92 Å². The van der Waals surface area contributed by atoms with Crippen LogP contribution in [0.25, 0.3) is 0 Å². The highest BCUT2D eigenvalue weighted by molar-refractivity contribution is 5.80. The Bertz CT molecular complexity index is 630. The molecule has 1 N–H and O–H groups in total. The highest BCUT2D eigenvalue weighted by Crippen LogP contribution is 2.16. The maximum Gasteiger partial charge on any atom is 0.224 e. The number of guanidine groups is 1. The van der Waals surface area contributed by atoms with Crippen molar-refractivity contribution in [3.8, 4) is 5.75 Å². The molecular formula is C22H36N4O2. The summed E-state index contributed by atoms with van der Waals surface area (Å²) in [4.78, 5) is 21.2. The summed E-state index contributed by atoms with van der Waals surface area (Å²) < 4.78 is 5.50. The smallest absolute Gasteiger partial charge is 0.224 e. The molecule has 0 aromatic heterocycles. The van der Waals surface area contributed by atoms with Crippen LogP contribution < -0.4 is 10.1 Å². The maximum absolute atomic E-state index is 12.4. The van der Waals surface area contributed by atoms with Crippen LogP contribution in [0.5, 0.6) is 5.75 Å². The van der Waals surface area contributed by atoms with E-state index in [-0.39, 0.29) is 5.91 Å². The molecule has 1 fully saturated rings. The van der Waals surface area contributed by atoms with Crippen LogP contribution >= 0.6 is 0 Å². The minimum absolute atomic E-state index is 0.223. The molecule has 0 radical (unpaired) electrons. The SMILES string of the molecule is CCNC(=NCCC(=O)N1CCCC(C)C1)N(C)Cc1ccc(OCC)cc1. The van der Waals surface area contributed by atoms with Gasteiger partial charge in [-0.3, -0.25) is 9.79 Å². The number of ether oxygens (including phenoxy) is 1. The van der Waals surface area contributed by atoms with Crippen molar-refractivity contribution < 1.29 is 9.53 Å². The Balaban J connectivity index is 1.88. The van der Waals surface area contributed by atoms with Gasteiger partial charge < -0.3 is 19.9 Å². The minimum Gasteiger partial charge on any atom is -0.494 e. The van der Waals surface area contributed by atoms with E-state index in [2.05, 4.69) is 41.2 Å². The number of benzene rings is 1. The molecule has 1 aromatic carbocycles. The number of hydrogen-bond donors (Lipinski definition) is 1. The van der Waals surface area contributed by atoms with E-state index in [4.69, 9.17) is 4.74 Å². The van der Waals surface area contributed by atoms with E-state index >= 15 is 0 Å². The highest BCUT2D eigenvalue weighted by Gasteiger charge is 2.20. The van der Waals surface area contributed by atoms with Crippen LogP contribution in [0.15, 0.2) is 29.3 Å². The second-order valence-electron chi connectivity index (χ2n) is 7.51. The second kappa shape index (κ2) is 11.6. The summed E-state index contributed by atoms with van der Waals surface area (Å²) >= 11 is 0. The van der Waals surface area contributed by atoms with Gasteiger partial charge in [-0.15, -0.1) is 0 Å². The van der Waals surface area contributed by atoms with E-state index in [9.17, 15) is 4.79 Å². The van der Waals surface area contributed by atoms with Gasteiger partial charge in [0.25, 0.3) is 0 Å². The number of carbonyl (C=O) groups is 1. The summed E-state index contributed by atoms with van der Waals surface area (Å²) in [5, 5.41) is 3.32. The standard InChI is InChI=1S/C22H36N4O2/c1-5-23-22(24-14-13-21(27)26-15-7-8-18(3)16-26)25(4)17-19-9-11-20(12-10-19)28-6-2/h9-12,18H,5-8,13-17H2,1-4H3,(H,23,24). The predicted molar refractivity (Wildman–Crippen MR) is 115 cm³/mol. The molecule has 0 spiro atoms. The predicted octanol–water partition coefficient (Wildman–Crippen LogP) is 3.13. The lowest BCUT2D eigenvalue weighted by atomic mass is 10.00. The van der Waals surface area contributed by atoms with Gasteiger partial charge in [-0.05, 0) is 50.3 Å². The third kappa shape index (κ3) is 7.06. The number of likely N-dealkylation sites (tertiary alicyclic amines) is 1. The molecule has 6 heteroatoms. The lowest BCUT2D eigenvalue weighted by Crippen LogP contribution is -2.40. The van der Waals surface area contributed by atoms with E-state index in [0.717, 1.165) is 44.3 Å². The quantitative estimate of drug-likeness (QED) is 0.549. The normalized spacial score (nSPS) is 17.4. The van der Waals surface area contributed by atoms with Crippen molar-refractivity contribution in [2.45, 2.75) is 46.6 Å². The lowest BCUT2D eigenvalue weighted by Gasteiger charge is -2.31. The summed E-state index contributed by atoms with van der Waals surface area (Å²) in [7, 11) is 2.02. The molecule has 1 unspecified atom stereocenters. The van der Waals surface area contributed by atoms with Crippen LogP contribution in [-0.2, 0) is 11.3 Å². The molecule has 1 amide bonds. The molecule has 1 saturated heterocycles. The van der Waals surface area contributed by atoms with Crippen molar-refractivity contribution in [3.05, 3.63) is 29.8 Å². The van der Waals surface area contributed by atoms with Crippen LogP contribution in [0.2, 0.25) is 0 Å². The Kier molecular flexibility index (Phi) is 9.11. The highest BCUT2D eigenvalue weighted by atomic mass is 16.5. The maximum atomic E-state index is 12.4. The molecule has 1 aromatic rings. The topological polar surface area (TPSA) is 57.2 Å². The first-order valence-electron chi connectivity index (χ1n) is 10.5. The summed E-state index contributed by atoms with van der Waals surface area (Å²) in [6.07, 6.45) is 2.81. The Morgan fingerprint density at radius 3 is 2.71 bits per heavy atom. The molecular weight excluding hydrogens is 352 g/mol. The number of rotatable bonds is 8. The zero-order valence-corrected chi connectivity index (χ0v) is 17.9. The van der Waals surface area contributed by atoms with Gasteiger partial charge in [0.05, 0.1) is 13.2 Å². The van der Waals surface area contributed by atoms with Crippen LogP contribution in [0.3, 0.4) is 0 Å². The molecule has 0 aliphatic carbocycles. The fourth-order valence-corrected chi connectivity index (χ4v) is 3.51. The van der Waals surface area contributed by atoms with E-state index in [1.807, 2.05) is 31.0 Å². The molecule has 1 aliphatic heterocycles. The van der Waals surface area contributed by atoms with Gasteiger partial charge in [0.2, 0.25) is 5.91 Å². The first-order valence-corrected chi connectivity index (χ1v) is 10.5. The molecule has 2 rings (SSSR count). The van der Waals surface area contributed by atoms with Gasteiger partial charge in [0.1, 0.15) is 5.75 Å². The number of nitrogens with zero attached hydrogens (tertiary/aromatic N) is 3. The number of aliphatic imine (C=N–C) groups is 1. The molecule has 6 nitrogen and oxygen atoms in total. The van der Waals surface area contributed by atoms with Crippen LogP contribution in [0.1, 0.15) is 45.6 Å². The monoisotopic (exact) mass is 388 g/mol. The zero-order valence-electron chi connectivity index (χ0n) is 17.9.